The molecule has 3 rings (SSSR count). The van der Waals surface area contributed by atoms with Crippen LogP contribution in [0.3, 0.4) is 0 Å². The average molecular weight is 322 g/mol. The summed E-state index contributed by atoms with van der Waals surface area (Å²) in [6, 6.07) is 8.99. The number of sulfonamides is 1. The van der Waals surface area contributed by atoms with E-state index in [1.165, 1.54) is 0 Å². The third-order valence-corrected chi connectivity index (χ3v) is 6.47. The molecular formula is C16H22N2O3S. The second-order valence-corrected chi connectivity index (χ2v) is 8.06. The average Bonchev–Trinajstić information content (AvgIpc) is 3.01. The minimum absolute atomic E-state index is 0.00406. The van der Waals surface area contributed by atoms with Crippen LogP contribution in [0.15, 0.2) is 30.3 Å². The molecule has 120 valence electrons. The molecule has 2 heterocycles. The Hall–Kier alpha value is -1.40. The van der Waals surface area contributed by atoms with Crippen LogP contribution in [0.2, 0.25) is 0 Å². The molecule has 0 aliphatic carbocycles. The molecule has 1 amide bonds. The number of nitrogens with one attached hydrogen (secondary N) is 1. The molecule has 1 aromatic rings. The van der Waals surface area contributed by atoms with Crippen LogP contribution < -0.4 is 5.32 Å². The lowest BCUT2D eigenvalue weighted by molar-refractivity contribution is -0.123. The quantitative estimate of drug-likeness (QED) is 0.893. The maximum Gasteiger partial charge on any atom is 0.225 e. The van der Waals surface area contributed by atoms with E-state index < -0.39 is 10.0 Å². The van der Waals surface area contributed by atoms with E-state index in [1.807, 2.05) is 37.3 Å². The number of fused-ring (bicyclic) bond motifs is 1. The molecule has 1 aromatic carbocycles. The highest BCUT2D eigenvalue weighted by atomic mass is 32.2. The fraction of sp³-hybridized carbons (Fsp3) is 0.562. The number of carbonyl (C=O) groups excluding carboxylic acids is 1. The van der Waals surface area contributed by atoms with Crippen molar-refractivity contribution in [2.75, 3.05) is 6.54 Å². The molecule has 0 saturated carbocycles. The Balaban J connectivity index is 1.83. The number of benzene rings is 1. The van der Waals surface area contributed by atoms with Crippen molar-refractivity contribution in [3.05, 3.63) is 35.9 Å². The maximum atomic E-state index is 12.8. The van der Waals surface area contributed by atoms with Gasteiger partial charge >= 0.3 is 0 Å². The van der Waals surface area contributed by atoms with Crippen molar-refractivity contribution < 1.29 is 13.2 Å². The zero-order valence-electron chi connectivity index (χ0n) is 12.7. The van der Waals surface area contributed by atoms with Gasteiger partial charge in [0.05, 0.1) is 17.7 Å². The molecule has 6 heteroatoms. The van der Waals surface area contributed by atoms with Gasteiger partial charge in [-0.2, -0.15) is 4.31 Å². The van der Waals surface area contributed by atoms with E-state index in [0.29, 0.717) is 13.0 Å². The lowest BCUT2D eigenvalue weighted by atomic mass is 9.95. The fourth-order valence-corrected chi connectivity index (χ4v) is 5.50. The summed E-state index contributed by atoms with van der Waals surface area (Å²) >= 11 is 0. The fourth-order valence-electron chi connectivity index (χ4n) is 3.68. The molecular weight excluding hydrogens is 300 g/mol. The van der Waals surface area contributed by atoms with Gasteiger partial charge in [0.25, 0.3) is 0 Å². The predicted molar refractivity (Wildman–Crippen MR) is 84.5 cm³/mol. The first kappa shape index (κ1) is 15.5. The van der Waals surface area contributed by atoms with Crippen LogP contribution in [0.4, 0.5) is 0 Å². The van der Waals surface area contributed by atoms with E-state index in [9.17, 15) is 13.2 Å². The van der Waals surface area contributed by atoms with Crippen LogP contribution in [0, 0.1) is 5.92 Å². The highest BCUT2D eigenvalue weighted by Crippen LogP contribution is 2.35. The Morgan fingerprint density at radius 1 is 1.27 bits per heavy atom. The predicted octanol–water partition coefficient (Wildman–Crippen LogP) is 1.51. The van der Waals surface area contributed by atoms with Gasteiger partial charge in [-0.1, -0.05) is 43.7 Å². The Morgan fingerprint density at radius 3 is 2.68 bits per heavy atom. The molecule has 2 fully saturated rings. The zero-order valence-corrected chi connectivity index (χ0v) is 13.6. The van der Waals surface area contributed by atoms with Crippen LogP contribution in [-0.4, -0.2) is 37.3 Å². The highest BCUT2D eigenvalue weighted by molar-refractivity contribution is 7.88. The van der Waals surface area contributed by atoms with Crippen LogP contribution in [-0.2, 0) is 20.6 Å². The van der Waals surface area contributed by atoms with Crippen molar-refractivity contribution in [3.8, 4) is 0 Å². The first-order chi connectivity index (χ1) is 10.5. The Labute approximate surface area is 131 Å². The lowest BCUT2D eigenvalue weighted by Gasteiger charge is -2.26. The van der Waals surface area contributed by atoms with Crippen molar-refractivity contribution >= 4 is 15.9 Å². The summed E-state index contributed by atoms with van der Waals surface area (Å²) in [7, 11) is -3.40. The van der Waals surface area contributed by atoms with Crippen molar-refractivity contribution in [1.29, 1.82) is 0 Å². The molecule has 0 bridgehead atoms. The number of hydrogen-bond donors (Lipinski definition) is 1. The normalized spacial score (nSPS) is 28.6. The number of carbonyl (C=O) groups is 1. The van der Waals surface area contributed by atoms with E-state index in [1.54, 1.807) is 4.31 Å². The van der Waals surface area contributed by atoms with Gasteiger partial charge in [0, 0.05) is 12.6 Å². The summed E-state index contributed by atoms with van der Waals surface area (Å²) in [4.78, 5) is 12.1. The highest BCUT2D eigenvalue weighted by Gasteiger charge is 2.51. The Kier molecular flexibility index (Phi) is 4.23. The maximum absolute atomic E-state index is 12.8. The smallest absolute Gasteiger partial charge is 0.225 e. The van der Waals surface area contributed by atoms with Gasteiger partial charge in [-0.05, 0) is 18.4 Å². The molecule has 2 saturated heterocycles. The third-order valence-electron chi connectivity index (χ3n) is 4.63. The van der Waals surface area contributed by atoms with Gasteiger partial charge < -0.3 is 5.32 Å². The van der Waals surface area contributed by atoms with Crippen LogP contribution in [0.25, 0.3) is 0 Å². The van der Waals surface area contributed by atoms with Gasteiger partial charge in [0.2, 0.25) is 15.9 Å². The molecule has 22 heavy (non-hydrogen) atoms. The van der Waals surface area contributed by atoms with Gasteiger partial charge in [-0.15, -0.1) is 0 Å². The molecule has 2 aliphatic rings. The Bertz CT molecular complexity index is 645. The summed E-state index contributed by atoms with van der Waals surface area (Å²) in [6.07, 6.45) is 2.34. The molecule has 0 unspecified atom stereocenters. The molecule has 0 aromatic heterocycles. The van der Waals surface area contributed by atoms with Crippen molar-refractivity contribution in [1.82, 2.24) is 9.62 Å². The molecule has 1 N–H and O–H groups in total. The largest absolute Gasteiger partial charge is 0.351 e. The second kappa shape index (κ2) is 6.01. The molecule has 5 nitrogen and oxygen atoms in total. The first-order valence-corrected chi connectivity index (χ1v) is 9.47. The standard InChI is InChI=1S/C16H22N2O3S/c1-2-6-13-15-14(17-16(13)19)9-10-18(15)22(20,21)11-12-7-4-3-5-8-12/h3-5,7-8,13-15H,2,6,9-11H2,1H3,(H,17,19)/t13-,14+,15-/m1/s1. The van der Waals surface area contributed by atoms with Crippen LogP contribution >= 0.6 is 0 Å². The van der Waals surface area contributed by atoms with Crippen LogP contribution in [0.1, 0.15) is 31.7 Å². The molecule has 3 atom stereocenters. The number of nitrogens with zero attached hydrogens (tertiary/aromatic N) is 1. The lowest BCUT2D eigenvalue weighted by Crippen LogP contribution is -2.42. The van der Waals surface area contributed by atoms with Crippen molar-refractivity contribution in [3.63, 3.8) is 0 Å². The molecule has 0 radical (unpaired) electrons. The van der Waals surface area contributed by atoms with Gasteiger partial charge in [0.15, 0.2) is 0 Å². The summed E-state index contributed by atoms with van der Waals surface area (Å²) in [5.41, 5.74) is 0.787. The van der Waals surface area contributed by atoms with Gasteiger partial charge in [0.1, 0.15) is 0 Å². The summed E-state index contributed by atoms with van der Waals surface area (Å²) in [6.45, 7) is 2.53. The minimum Gasteiger partial charge on any atom is -0.351 e. The number of hydrogen-bond acceptors (Lipinski definition) is 3. The third kappa shape index (κ3) is 2.77. The SMILES string of the molecule is CCC[C@H]1C(=O)N[C@H]2CCN(S(=O)(=O)Cc3ccccc3)[C@@H]21. The topological polar surface area (TPSA) is 66.5 Å². The van der Waals surface area contributed by atoms with Gasteiger partial charge in [-0.25, -0.2) is 8.42 Å². The number of rotatable bonds is 5. The summed E-state index contributed by atoms with van der Waals surface area (Å²) in [5.74, 6) is -0.191. The van der Waals surface area contributed by atoms with E-state index in [-0.39, 0.29) is 29.7 Å². The monoisotopic (exact) mass is 322 g/mol. The van der Waals surface area contributed by atoms with Crippen LogP contribution in [0.5, 0.6) is 0 Å². The Morgan fingerprint density at radius 2 is 2.00 bits per heavy atom. The van der Waals surface area contributed by atoms with Crippen molar-refractivity contribution in [2.45, 2.75) is 44.0 Å². The zero-order chi connectivity index (χ0) is 15.7. The summed E-state index contributed by atoms with van der Waals surface area (Å²) < 4.78 is 27.1. The first-order valence-electron chi connectivity index (χ1n) is 7.86. The van der Waals surface area contributed by atoms with E-state index in [4.69, 9.17) is 0 Å². The van der Waals surface area contributed by atoms with Gasteiger partial charge in [-0.3, -0.25) is 4.79 Å². The van der Waals surface area contributed by atoms with Crippen molar-refractivity contribution in [2.24, 2.45) is 5.92 Å². The minimum atomic E-state index is -3.40. The van der Waals surface area contributed by atoms with E-state index >= 15 is 0 Å². The van der Waals surface area contributed by atoms with E-state index in [0.717, 1.165) is 18.4 Å². The summed E-state index contributed by atoms with van der Waals surface area (Å²) in [5, 5.41) is 2.97. The molecule has 2 aliphatic heterocycles. The second-order valence-electron chi connectivity index (χ2n) is 6.14. The van der Waals surface area contributed by atoms with E-state index in [2.05, 4.69) is 5.32 Å². The number of amides is 1. The molecule has 0 spiro atoms.